The number of carbonyl (C=O) groups excluding carboxylic acids is 1. The highest BCUT2D eigenvalue weighted by atomic mass is 127. The predicted octanol–water partition coefficient (Wildman–Crippen LogP) is 3.40. The maximum Gasteiger partial charge on any atom is 0.227 e. The molecular formula is C24H33IN4O3. The molecule has 0 unspecified atom stereocenters. The van der Waals surface area contributed by atoms with Gasteiger partial charge in [0.15, 0.2) is 17.5 Å². The summed E-state index contributed by atoms with van der Waals surface area (Å²) in [5.41, 5.74) is 3.47. The highest BCUT2D eigenvalue weighted by molar-refractivity contribution is 14.0. The number of halogens is 1. The quantitative estimate of drug-likeness (QED) is 0.216. The van der Waals surface area contributed by atoms with E-state index in [1.165, 1.54) is 5.56 Å². The summed E-state index contributed by atoms with van der Waals surface area (Å²) < 4.78 is 10.6. The molecule has 0 saturated carbocycles. The maximum absolute atomic E-state index is 12.6. The molecule has 1 aliphatic rings. The van der Waals surface area contributed by atoms with E-state index in [0.29, 0.717) is 13.0 Å². The normalized spacial score (nSPS) is 12.6. The molecule has 0 aliphatic carbocycles. The van der Waals surface area contributed by atoms with Gasteiger partial charge in [0, 0.05) is 38.8 Å². The van der Waals surface area contributed by atoms with Crippen molar-refractivity contribution in [2.75, 3.05) is 45.8 Å². The van der Waals surface area contributed by atoms with Crippen LogP contribution in [0.15, 0.2) is 47.5 Å². The lowest BCUT2D eigenvalue weighted by atomic mass is 10.1. The van der Waals surface area contributed by atoms with Crippen molar-refractivity contribution in [3.05, 3.63) is 53.6 Å². The van der Waals surface area contributed by atoms with Crippen LogP contribution >= 0.6 is 24.0 Å². The van der Waals surface area contributed by atoms with Crippen LogP contribution in [-0.4, -0.2) is 52.8 Å². The van der Waals surface area contributed by atoms with Crippen LogP contribution in [0.2, 0.25) is 0 Å². The average molecular weight is 552 g/mol. The number of methoxy groups -OCH3 is 2. The molecule has 1 heterocycles. The second-order valence-electron chi connectivity index (χ2n) is 7.39. The fourth-order valence-corrected chi connectivity index (χ4v) is 3.76. The lowest BCUT2D eigenvalue weighted by Gasteiger charge is -2.17. The van der Waals surface area contributed by atoms with Crippen LogP contribution in [0.4, 0.5) is 5.69 Å². The molecule has 2 aromatic carbocycles. The summed E-state index contributed by atoms with van der Waals surface area (Å²) in [6.07, 6.45) is 3.04. The van der Waals surface area contributed by atoms with E-state index in [-0.39, 0.29) is 29.9 Å². The van der Waals surface area contributed by atoms with Gasteiger partial charge in [-0.25, -0.2) is 0 Å². The van der Waals surface area contributed by atoms with Gasteiger partial charge in [-0.15, -0.1) is 24.0 Å². The topological polar surface area (TPSA) is 75.2 Å². The van der Waals surface area contributed by atoms with Crippen LogP contribution in [0.25, 0.3) is 0 Å². The van der Waals surface area contributed by atoms with Gasteiger partial charge in [-0.3, -0.25) is 9.79 Å². The molecule has 32 heavy (non-hydrogen) atoms. The highest BCUT2D eigenvalue weighted by Crippen LogP contribution is 2.28. The minimum absolute atomic E-state index is 0. The zero-order chi connectivity index (χ0) is 22.1. The summed E-state index contributed by atoms with van der Waals surface area (Å²) in [6.45, 7) is 2.21. The molecule has 0 saturated heterocycles. The molecule has 2 N–H and O–H groups in total. The van der Waals surface area contributed by atoms with Gasteiger partial charge in [-0.2, -0.15) is 0 Å². The maximum atomic E-state index is 12.6. The summed E-state index contributed by atoms with van der Waals surface area (Å²) in [5.74, 6) is 2.37. The average Bonchev–Trinajstić information content (AvgIpc) is 3.24. The van der Waals surface area contributed by atoms with Crippen LogP contribution < -0.4 is 25.0 Å². The number of anilines is 1. The lowest BCUT2D eigenvalue weighted by molar-refractivity contribution is -0.118. The van der Waals surface area contributed by atoms with Crippen LogP contribution in [0.3, 0.4) is 0 Å². The smallest absolute Gasteiger partial charge is 0.227 e. The van der Waals surface area contributed by atoms with Crippen molar-refractivity contribution in [1.82, 2.24) is 10.6 Å². The van der Waals surface area contributed by atoms with Gasteiger partial charge in [0.25, 0.3) is 0 Å². The Morgan fingerprint density at radius 2 is 1.81 bits per heavy atom. The standard InChI is InChI=1S/C24H32N4O3.HI/c1-25-24(27-15-12-18-10-11-21(30-2)22(17-18)31-3)26-14-6-9-23(29)28-16-13-19-7-4-5-8-20(19)28;/h4-5,7-8,10-11,17H,6,9,12-16H2,1-3H3,(H2,25,26,27);1H. The van der Waals surface area contributed by atoms with E-state index in [2.05, 4.69) is 21.7 Å². The van der Waals surface area contributed by atoms with Gasteiger partial charge >= 0.3 is 0 Å². The van der Waals surface area contributed by atoms with Gasteiger partial charge in [0.2, 0.25) is 5.91 Å². The third-order valence-corrected chi connectivity index (χ3v) is 5.43. The summed E-state index contributed by atoms with van der Waals surface area (Å²) >= 11 is 0. The number of rotatable bonds is 9. The molecule has 3 rings (SSSR count). The van der Waals surface area contributed by atoms with Gasteiger partial charge < -0.3 is 25.0 Å². The van der Waals surface area contributed by atoms with Crippen molar-refractivity contribution >= 4 is 41.5 Å². The number of hydrogen-bond donors (Lipinski definition) is 2. The molecule has 0 bridgehead atoms. The molecule has 2 aromatic rings. The number of nitrogens with one attached hydrogen (secondary N) is 2. The van der Waals surface area contributed by atoms with Crippen molar-refractivity contribution in [2.45, 2.75) is 25.7 Å². The molecule has 8 heteroatoms. The van der Waals surface area contributed by atoms with Gasteiger partial charge in [-0.1, -0.05) is 24.3 Å². The number of benzene rings is 2. The number of carbonyl (C=O) groups is 1. The first-order valence-corrected chi connectivity index (χ1v) is 10.7. The fourth-order valence-electron chi connectivity index (χ4n) is 3.76. The molecule has 0 atom stereocenters. The van der Waals surface area contributed by atoms with Crippen LogP contribution in [0.1, 0.15) is 24.0 Å². The molecule has 0 aromatic heterocycles. The number of para-hydroxylation sites is 1. The second kappa shape index (κ2) is 13.1. The van der Waals surface area contributed by atoms with Crippen molar-refractivity contribution in [3.8, 4) is 11.5 Å². The van der Waals surface area contributed by atoms with E-state index in [0.717, 1.165) is 61.1 Å². The molecule has 1 amide bonds. The minimum Gasteiger partial charge on any atom is -0.493 e. The molecule has 0 radical (unpaired) electrons. The van der Waals surface area contributed by atoms with Gasteiger partial charge in [0.05, 0.1) is 14.2 Å². The van der Waals surface area contributed by atoms with E-state index in [4.69, 9.17) is 9.47 Å². The number of ether oxygens (including phenoxy) is 2. The van der Waals surface area contributed by atoms with E-state index >= 15 is 0 Å². The van der Waals surface area contributed by atoms with Crippen molar-refractivity contribution < 1.29 is 14.3 Å². The second-order valence-corrected chi connectivity index (χ2v) is 7.39. The van der Waals surface area contributed by atoms with Crippen LogP contribution in [0, 0.1) is 0 Å². The van der Waals surface area contributed by atoms with Crippen LogP contribution in [0.5, 0.6) is 11.5 Å². The fraction of sp³-hybridized carbons (Fsp3) is 0.417. The number of guanidine groups is 1. The Balaban J connectivity index is 0.00000363. The zero-order valence-corrected chi connectivity index (χ0v) is 21.3. The number of amides is 1. The van der Waals surface area contributed by atoms with Crippen LogP contribution in [-0.2, 0) is 17.6 Å². The first-order valence-electron chi connectivity index (χ1n) is 10.7. The Morgan fingerprint density at radius 3 is 2.56 bits per heavy atom. The SMILES string of the molecule is CN=C(NCCCC(=O)N1CCc2ccccc21)NCCc1ccc(OC)c(OC)c1.I. The number of aliphatic imine (C=N–C) groups is 1. The highest BCUT2D eigenvalue weighted by Gasteiger charge is 2.23. The lowest BCUT2D eigenvalue weighted by Crippen LogP contribution is -2.39. The summed E-state index contributed by atoms with van der Waals surface area (Å²) in [7, 11) is 5.02. The monoisotopic (exact) mass is 552 g/mol. The zero-order valence-electron chi connectivity index (χ0n) is 19.0. The van der Waals surface area contributed by atoms with Gasteiger partial charge in [0.1, 0.15) is 0 Å². The third-order valence-electron chi connectivity index (χ3n) is 5.43. The molecular weight excluding hydrogens is 519 g/mol. The largest absolute Gasteiger partial charge is 0.493 e. The van der Waals surface area contributed by atoms with Gasteiger partial charge in [-0.05, 0) is 48.6 Å². The Kier molecular flexibility index (Phi) is 10.6. The van der Waals surface area contributed by atoms with E-state index in [9.17, 15) is 4.79 Å². The number of fused-ring (bicyclic) bond motifs is 1. The van der Waals surface area contributed by atoms with E-state index in [1.54, 1.807) is 21.3 Å². The Bertz CT molecular complexity index is 920. The minimum atomic E-state index is 0. The molecule has 174 valence electrons. The Morgan fingerprint density at radius 1 is 1.06 bits per heavy atom. The van der Waals surface area contributed by atoms with Crippen molar-refractivity contribution in [3.63, 3.8) is 0 Å². The molecule has 0 fully saturated rings. The molecule has 7 nitrogen and oxygen atoms in total. The Hall–Kier alpha value is -2.49. The van der Waals surface area contributed by atoms with E-state index < -0.39 is 0 Å². The van der Waals surface area contributed by atoms with E-state index in [1.807, 2.05) is 41.3 Å². The molecule has 0 spiro atoms. The third kappa shape index (κ3) is 6.75. The first-order chi connectivity index (χ1) is 15.2. The summed E-state index contributed by atoms with van der Waals surface area (Å²) in [5, 5.41) is 6.60. The first kappa shape index (κ1) is 25.8. The Labute approximate surface area is 207 Å². The number of hydrogen-bond acceptors (Lipinski definition) is 4. The number of nitrogens with zero attached hydrogens (tertiary/aromatic N) is 2. The summed E-state index contributed by atoms with van der Waals surface area (Å²) in [4.78, 5) is 18.7. The molecule has 1 aliphatic heterocycles. The van der Waals surface area contributed by atoms with Crippen molar-refractivity contribution in [1.29, 1.82) is 0 Å². The van der Waals surface area contributed by atoms with Crippen molar-refractivity contribution in [2.24, 2.45) is 4.99 Å². The summed E-state index contributed by atoms with van der Waals surface area (Å²) in [6, 6.07) is 14.1. The predicted molar refractivity (Wildman–Crippen MR) is 140 cm³/mol.